The average Bonchev–Trinajstić information content (AvgIpc) is 3.18. The fraction of sp³-hybridized carbons (Fsp3) is 0.200. The summed E-state index contributed by atoms with van der Waals surface area (Å²) in [4.78, 5) is 17.5. The number of ketones is 1. The van der Waals surface area contributed by atoms with E-state index in [9.17, 15) is 26.7 Å². The van der Waals surface area contributed by atoms with E-state index in [4.69, 9.17) is 10.5 Å². The van der Waals surface area contributed by atoms with Gasteiger partial charge in [-0.3, -0.25) is 9.20 Å². The lowest BCUT2D eigenvalue weighted by atomic mass is 9.92. The van der Waals surface area contributed by atoms with Gasteiger partial charge in [0.15, 0.2) is 40.4 Å². The summed E-state index contributed by atoms with van der Waals surface area (Å²) in [5, 5.41) is 0. The first-order chi connectivity index (χ1) is 16.7. The summed E-state index contributed by atoms with van der Waals surface area (Å²) in [6.07, 6.45) is 1.47. The molecule has 182 valence electrons. The zero-order valence-electron chi connectivity index (χ0n) is 18.5. The Morgan fingerprint density at radius 2 is 1.74 bits per heavy atom. The summed E-state index contributed by atoms with van der Waals surface area (Å²) in [6.45, 7) is 1.02. The number of benzene rings is 2. The van der Waals surface area contributed by atoms with Gasteiger partial charge in [0.25, 0.3) is 0 Å². The normalized spacial score (nSPS) is 12.2. The summed E-state index contributed by atoms with van der Waals surface area (Å²) in [5.41, 5.74) is 6.39. The van der Waals surface area contributed by atoms with E-state index in [2.05, 4.69) is 4.98 Å². The van der Waals surface area contributed by atoms with Gasteiger partial charge in [-0.1, -0.05) is 6.07 Å². The number of imidazole rings is 1. The molecule has 0 aliphatic carbocycles. The van der Waals surface area contributed by atoms with Gasteiger partial charge in [0.2, 0.25) is 0 Å². The predicted molar refractivity (Wildman–Crippen MR) is 118 cm³/mol. The molecule has 0 spiro atoms. The maximum atomic E-state index is 14.0. The van der Waals surface area contributed by atoms with Crippen LogP contribution >= 0.6 is 0 Å². The second-order valence-corrected chi connectivity index (χ2v) is 7.96. The molecule has 0 aliphatic heterocycles. The topological polar surface area (TPSA) is 69.6 Å². The zero-order valence-corrected chi connectivity index (χ0v) is 18.5. The summed E-state index contributed by atoms with van der Waals surface area (Å²) >= 11 is 0. The maximum absolute atomic E-state index is 14.0. The number of pyridine rings is 1. The molecule has 2 aromatic carbocycles. The van der Waals surface area contributed by atoms with E-state index in [-0.39, 0.29) is 35.8 Å². The number of aromatic nitrogens is 2. The van der Waals surface area contributed by atoms with Gasteiger partial charge < -0.3 is 10.5 Å². The van der Waals surface area contributed by atoms with E-state index in [0.29, 0.717) is 17.3 Å². The SMILES string of the molecule is Cc1nc2c(OCc3c(F)ccc(F)c3F)cccn2c1C(=O)CC(CN)c1ccc(F)c(F)c1. The minimum absolute atomic E-state index is 0.0196. The highest BCUT2D eigenvalue weighted by Crippen LogP contribution is 2.28. The Bertz CT molecular complexity index is 1420. The average molecular weight is 489 g/mol. The van der Waals surface area contributed by atoms with E-state index >= 15 is 0 Å². The number of nitrogens with two attached hydrogens (primary N) is 1. The Morgan fingerprint density at radius 3 is 2.46 bits per heavy atom. The molecule has 35 heavy (non-hydrogen) atoms. The van der Waals surface area contributed by atoms with Crippen LogP contribution in [0.25, 0.3) is 5.65 Å². The molecule has 0 amide bonds. The van der Waals surface area contributed by atoms with Crippen molar-refractivity contribution < 1.29 is 31.5 Å². The Kier molecular flexibility index (Phi) is 6.83. The zero-order chi connectivity index (χ0) is 25.3. The van der Waals surface area contributed by atoms with Crippen molar-refractivity contribution in [2.75, 3.05) is 6.54 Å². The van der Waals surface area contributed by atoms with Crippen molar-refractivity contribution in [1.29, 1.82) is 0 Å². The third kappa shape index (κ3) is 4.74. The summed E-state index contributed by atoms with van der Waals surface area (Å²) < 4.78 is 75.4. The van der Waals surface area contributed by atoms with Gasteiger partial charge in [0.05, 0.1) is 11.3 Å². The van der Waals surface area contributed by atoms with Crippen LogP contribution in [-0.2, 0) is 6.61 Å². The molecule has 0 saturated carbocycles. The number of halogens is 5. The van der Waals surface area contributed by atoms with Crippen molar-refractivity contribution in [1.82, 2.24) is 9.38 Å². The van der Waals surface area contributed by atoms with Crippen LogP contribution in [-0.4, -0.2) is 21.7 Å². The van der Waals surface area contributed by atoms with Gasteiger partial charge in [-0.2, -0.15) is 0 Å². The number of aryl methyl sites for hydroxylation is 1. The minimum Gasteiger partial charge on any atom is -0.485 e. The predicted octanol–water partition coefficient (Wildman–Crippen LogP) is 5.23. The number of rotatable bonds is 8. The van der Waals surface area contributed by atoms with Crippen LogP contribution < -0.4 is 10.5 Å². The Morgan fingerprint density at radius 1 is 1.03 bits per heavy atom. The van der Waals surface area contributed by atoms with E-state index < -0.39 is 47.2 Å². The second kappa shape index (κ2) is 9.83. The molecule has 2 heterocycles. The lowest BCUT2D eigenvalue weighted by molar-refractivity contribution is 0.0968. The van der Waals surface area contributed by atoms with Gasteiger partial charge in [0.1, 0.15) is 18.1 Å². The first-order valence-electron chi connectivity index (χ1n) is 10.6. The Balaban J connectivity index is 1.62. The molecule has 4 rings (SSSR count). The van der Waals surface area contributed by atoms with Crippen LogP contribution in [0, 0.1) is 36.0 Å². The number of ether oxygens (including phenoxy) is 1. The molecule has 0 radical (unpaired) electrons. The Labute approximate surface area is 197 Å². The molecule has 4 aromatic rings. The molecule has 1 atom stereocenters. The van der Waals surface area contributed by atoms with E-state index in [1.54, 1.807) is 19.2 Å². The number of nitrogens with zero attached hydrogens (tertiary/aromatic N) is 2. The van der Waals surface area contributed by atoms with Gasteiger partial charge in [0, 0.05) is 18.5 Å². The van der Waals surface area contributed by atoms with Crippen LogP contribution in [0.3, 0.4) is 0 Å². The van der Waals surface area contributed by atoms with Crippen molar-refractivity contribution in [3.05, 3.63) is 100 Å². The second-order valence-electron chi connectivity index (χ2n) is 7.96. The van der Waals surface area contributed by atoms with Gasteiger partial charge in [-0.15, -0.1) is 0 Å². The summed E-state index contributed by atoms with van der Waals surface area (Å²) in [6, 6.07) is 7.89. The molecule has 0 bridgehead atoms. The first kappa shape index (κ1) is 24.3. The molecular weight excluding hydrogens is 469 g/mol. The lowest BCUT2D eigenvalue weighted by Crippen LogP contribution is -2.18. The molecule has 0 saturated heterocycles. The highest BCUT2D eigenvalue weighted by atomic mass is 19.2. The fourth-order valence-corrected chi connectivity index (χ4v) is 3.88. The fourth-order valence-electron chi connectivity index (χ4n) is 3.88. The number of carbonyl (C=O) groups excluding carboxylic acids is 1. The number of fused-ring (bicyclic) bond motifs is 1. The number of carbonyl (C=O) groups is 1. The number of Topliss-reactive ketones (excluding diaryl/α,β-unsaturated/α-hetero) is 1. The first-order valence-corrected chi connectivity index (χ1v) is 10.6. The molecule has 2 N–H and O–H groups in total. The van der Waals surface area contributed by atoms with Crippen LogP contribution in [0.2, 0.25) is 0 Å². The van der Waals surface area contributed by atoms with Crippen molar-refractivity contribution in [3.8, 4) is 5.75 Å². The monoisotopic (exact) mass is 489 g/mol. The van der Waals surface area contributed by atoms with E-state index in [1.165, 1.54) is 16.5 Å². The van der Waals surface area contributed by atoms with E-state index in [0.717, 1.165) is 18.2 Å². The van der Waals surface area contributed by atoms with Gasteiger partial charge in [-0.05, 0) is 55.4 Å². The number of hydrogen-bond donors (Lipinski definition) is 1. The third-order valence-electron chi connectivity index (χ3n) is 5.69. The summed E-state index contributed by atoms with van der Waals surface area (Å²) in [7, 11) is 0. The molecular formula is C25H20F5N3O2. The summed E-state index contributed by atoms with van der Waals surface area (Å²) in [5.74, 6) is -6.35. The molecule has 10 heteroatoms. The van der Waals surface area contributed by atoms with Crippen LogP contribution in [0.4, 0.5) is 22.0 Å². The molecule has 2 aromatic heterocycles. The largest absolute Gasteiger partial charge is 0.485 e. The third-order valence-corrected chi connectivity index (χ3v) is 5.69. The molecule has 1 unspecified atom stereocenters. The van der Waals surface area contributed by atoms with Crippen molar-refractivity contribution >= 4 is 11.4 Å². The smallest absolute Gasteiger partial charge is 0.182 e. The van der Waals surface area contributed by atoms with Crippen LogP contribution in [0.5, 0.6) is 5.75 Å². The highest BCUT2D eigenvalue weighted by molar-refractivity contribution is 5.97. The van der Waals surface area contributed by atoms with Crippen LogP contribution in [0.15, 0.2) is 48.7 Å². The highest BCUT2D eigenvalue weighted by Gasteiger charge is 2.24. The van der Waals surface area contributed by atoms with Gasteiger partial charge >= 0.3 is 0 Å². The van der Waals surface area contributed by atoms with Crippen LogP contribution in [0.1, 0.15) is 39.6 Å². The van der Waals surface area contributed by atoms with E-state index in [1.807, 2.05) is 0 Å². The number of hydrogen-bond acceptors (Lipinski definition) is 4. The quantitative estimate of drug-likeness (QED) is 0.209. The van der Waals surface area contributed by atoms with Crippen molar-refractivity contribution in [2.45, 2.75) is 25.9 Å². The standard InChI is InChI=1S/C25H20F5N3O2/c1-13-24(21(34)10-15(11-31)14-4-5-18(27)20(29)9-14)33-8-2-3-22(25(33)32-13)35-12-16-17(26)6-7-19(28)23(16)30/h2-9,15H,10-12,31H2,1H3. The van der Waals surface area contributed by atoms with Crippen molar-refractivity contribution in [3.63, 3.8) is 0 Å². The molecule has 5 nitrogen and oxygen atoms in total. The van der Waals surface area contributed by atoms with Crippen molar-refractivity contribution in [2.24, 2.45) is 5.73 Å². The molecule has 0 fully saturated rings. The molecule has 0 aliphatic rings. The minimum atomic E-state index is -1.35. The maximum Gasteiger partial charge on any atom is 0.182 e. The lowest BCUT2D eigenvalue weighted by Gasteiger charge is -2.15. The van der Waals surface area contributed by atoms with Gasteiger partial charge in [-0.25, -0.2) is 26.9 Å². The Hall–Kier alpha value is -3.79.